The second kappa shape index (κ2) is 6.56. The van der Waals surface area contributed by atoms with Gasteiger partial charge in [-0.1, -0.05) is 24.3 Å². The molecule has 0 atom stereocenters. The third-order valence-corrected chi connectivity index (χ3v) is 3.03. The maximum Gasteiger partial charge on any atom is 0.337 e. The van der Waals surface area contributed by atoms with Crippen LogP contribution in [0, 0.1) is 0 Å². The summed E-state index contributed by atoms with van der Waals surface area (Å²) in [7, 11) is 1.33. The topological polar surface area (TPSA) is 81.4 Å². The highest BCUT2D eigenvalue weighted by Crippen LogP contribution is 2.11. The van der Waals surface area contributed by atoms with Gasteiger partial charge in [0.15, 0.2) is 0 Å². The van der Waals surface area contributed by atoms with E-state index in [1.54, 1.807) is 48.5 Å². The SMILES string of the molecule is COC(=O)c1ccc(CNC(=O)c2ccccc2N)cc1. The molecule has 0 unspecified atom stereocenters. The number of carbonyl (C=O) groups is 2. The summed E-state index contributed by atoms with van der Waals surface area (Å²) in [6.07, 6.45) is 0. The highest BCUT2D eigenvalue weighted by Gasteiger charge is 2.09. The normalized spacial score (nSPS) is 9.95. The molecule has 0 heterocycles. The predicted octanol–water partition coefficient (Wildman–Crippen LogP) is 1.99. The lowest BCUT2D eigenvalue weighted by Crippen LogP contribution is -2.23. The van der Waals surface area contributed by atoms with E-state index in [4.69, 9.17) is 5.73 Å². The van der Waals surface area contributed by atoms with Crippen molar-refractivity contribution in [1.29, 1.82) is 0 Å². The summed E-state index contributed by atoms with van der Waals surface area (Å²) in [5.41, 5.74) is 7.99. The van der Waals surface area contributed by atoms with Gasteiger partial charge < -0.3 is 15.8 Å². The molecule has 108 valence electrons. The molecule has 5 heteroatoms. The number of hydrogen-bond donors (Lipinski definition) is 2. The smallest absolute Gasteiger partial charge is 0.337 e. The lowest BCUT2D eigenvalue weighted by molar-refractivity contribution is 0.0600. The molecule has 0 fully saturated rings. The number of rotatable bonds is 4. The molecule has 0 spiro atoms. The largest absolute Gasteiger partial charge is 0.465 e. The summed E-state index contributed by atoms with van der Waals surface area (Å²) in [6, 6.07) is 13.7. The quantitative estimate of drug-likeness (QED) is 0.664. The van der Waals surface area contributed by atoms with E-state index in [9.17, 15) is 9.59 Å². The van der Waals surface area contributed by atoms with E-state index in [1.807, 2.05) is 0 Å². The Morgan fingerprint density at radius 3 is 2.38 bits per heavy atom. The van der Waals surface area contributed by atoms with Gasteiger partial charge in [-0.25, -0.2) is 4.79 Å². The van der Waals surface area contributed by atoms with Crippen molar-refractivity contribution in [3.63, 3.8) is 0 Å². The summed E-state index contributed by atoms with van der Waals surface area (Å²) in [6.45, 7) is 0.356. The van der Waals surface area contributed by atoms with Crippen LogP contribution >= 0.6 is 0 Å². The van der Waals surface area contributed by atoms with E-state index >= 15 is 0 Å². The van der Waals surface area contributed by atoms with Crippen LogP contribution in [0.4, 0.5) is 5.69 Å². The van der Waals surface area contributed by atoms with Gasteiger partial charge in [-0.2, -0.15) is 0 Å². The van der Waals surface area contributed by atoms with Crippen molar-refractivity contribution in [2.24, 2.45) is 0 Å². The number of methoxy groups -OCH3 is 1. The van der Waals surface area contributed by atoms with Crippen LogP contribution in [0.1, 0.15) is 26.3 Å². The van der Waals surface area contributed by atoms with Crippen molar-refractivity contribution in [1.82, 2.24) is 5.32 Å². The number of ether oxygens (including phenoxy) is 1. The first-order chi connectivity index (χ1) is 10.1. The number of nitrogen functional groups attached to an aromatic ring is 1. The number of carbonyl (C=O) groups excluding carboxylic acids is 2. The first-order valence-electron chi connectivity index (χ1n) is 6.42. The molecule has 0 bridgehead atoms. The minimum absolute atomic E-state index is 0.231. The van der Waals surface area contributed by atoms with Crippen molar-refractivity contribution in [3.05, 3.63) is 65.2 Å². The molecule has 0 saturated carbocycles. The fourth-order valence-corrected chi connectivity index (χ4v) is 1.86. The lowest BCUT2D eigenvalue weighted by Gasteiger charge is -2.08. The van der Waals surface area contributed by atoms with Gasteiger partial charge >= 0.3 is 5.97 Å². The van der Waals surface area contributed by atoms with Gasteiger partial charge in [0, 0.05) is 12.2 Å². The van der Waals surface area contributed by atoms with Gasteiger partial charge in [0.25, 0.3) is 5.91 Å². The fraction of sp³-hybridized carbons (Fsp3) is 0.125. The monoisotopic (exact) mass is 284 g/mol. The number of para-hydroxylation sites is 1. The first kappa shape index (κ1) is 14.6. The molecule has 0 aliphatic heterocycles. The molecule has 5 nitrogen and oxygen atoms in total. The Morgan fingerprint density at radius 1 is 1.10 bits per heavy atom. The van der Waals surface area contributed by atoms with Crippen LogP contribution in [0.2, 0.25) is 0 Å². The fourth-order valence-electron chi connectivity index (χ4n) is 1.86. The highest BCUT2D eigenvalue weighted by molar-refractivity contribution is 5.99. The van der Waals surface area contributed by atoms with Crippen molar-refractivity contribution >= 4 is 17.6 Å². The molecule has 21 heavy (non-hydrogen) atoms. The van der Waals surface area contributed by atoms with Gasteiger partial charge in [-0.3, -0.25) is 4.79 Å². The molecule has 2 rings (SSSR count). The highest BCUT2D eigenvalue weighted by atomic mass is 16.5. The Balaban J connectivity index is 1.99. The molecule has 2 aromatic carbocycles. The standard InChI is InChI=1S/C16H16N2O3/c1-21-16(20)12-8-6-11(7-9-12)10-18-15(19)13-4-2-3-5-14(13)17/h2-9H,10,17H2,1H3,(H,18,19). The van der Waals surface area contributed by atoms with E-state index in [-0.39, 0.29) is 11.9 Å². The van der Waals surface area contributed by atoms with Crippen molar-refractivity contribution in [2.45, 2.75) is 6.54 Å². The number of benzene rings is 2. The summed E-state index contributed by atoms with van der Waals surface area (Å²) in [4.78, 5) is 23.3. The zero-order valence-corrected chi connectivity index (χ0v) is 11.6. The number of amides is 1. The number of esters is 1. The average Bonchev–Trinajstić information content (AvgIpc) is 2.52. The Morgan fingerprint density at radius 2 is 1.76 bits per heavy atom. The van der Waals surface area contributed by atoms with E-state index in [1.165, 1.54) is 7.11 Å². The Kier molecular flexibility index (Phi) is 4.56. The number of anilines is 1. The summed E-state index contributed by atoms with van der Waals surface area (Å²) in [5.74, 6) is -0.618. The van der Waals surface area contributed by atoms with Crippen molar-refractivity contribution < 1.29 is 14.3 Å². The maximum atomic E-state index is 12.0. The van der Waals surface area contributed by atoms with Crippen LogP contribution in [0.15, 0.2) is 48.5 Å². The molecule has 0 aromatic heterocycles. The second-order valence-electron chi connectivity index (χ2n) is 4.46. The maximum absolute atomic E-state index is 12.0. The molecular formula is C16H16N2O3. The van der Waals surface area contributed by atoms with E-state index < -0.39 is 0 Å². The minimum atomic E-state index is -0.386. The van der Waals surface area contributed by atoms with Crippen LogP contribution in [0.5, 0.6) is 0 Å². The van der Waals surface area contributed by atoms with Crippen LogP contribution in [0.3, 0.4) is 0 Å². The van der Waals surface area contributed by atoms with Gasteiger partial charge in [0.2, 0.25) is 0 Å². The van der Waals surface area contributed by atoms with Gasteiger partial charge in [-0.05, 0) is 29.8 Å². The molecule has 2 aromatic rings. The third kappa shape index (κ3) is 3.60. The van der Waals surface area contributed by atoms with E-state index in [0.29, 0.717) is 23.4 Å². The molecule has 0 radical (unpaired) electrons. The minimum Gasteiger partial charge on any atom is -0.465 e. The van der Waals surface area contributed by atoms with Crippen LogP contribution in [0.25, 0.3) is 0 Å². The zero-order chi connectivity index (χ0) is 15.2. The lowest BCUT2D eigenvalue weighted by atomic mass is 10.1. The Bertz CT molecular complexity index is 651. The Labute approximate surface area is 122 Å². The van der Waals surface area contributed by atoms with Crippen LogP contribution in [-0.4, -0.2) is 19.0 Å². The first-order valence-corrected chi connectivity index (χ1v) is 6.42. The molecule has 3 N–H and O–H groups in total. The third-order valence-electron chi connectivity index (χ3n) is 3.03. The summed E-state index contributed by atoms with van der Waals surface area (Å²) in [5, 5.41) is 2.78. The van der Waals surface area contributed by atoms with Crippen molar-refractivity contribution in [2.75, 3.05) is 12.8 Å². The second-order valence-corrected chi connectivity index (χ2v) is 4.46. The summed E-state index contributed by atoms with van der Waals surface area (Å²) >= 11 is 0. The van der Waals surface area contributed by atoms with Gasteiger partial charge in [0.05, 0.1) is 18.2 Å². The van der Waals surface area contributed by atoms with Crippen LogP contribution in [-0.2, 0) is 11.3 Å². The average molecular weight is 284 g/mol. The van der Waals surface area contributed by atoms with E-state index in [2.05, 4.69) is 10.1 Å². The van der Waals surface area contributed by atoms with Gasteiger partial charge in [0.1, 0.15) is 0 Å². The van der Waals surface area contributed by atoms with Crippen LogP contribution < -0.4 is 11.1 Å². The number of nitrogens with two attached hydrogens (primary N) is 1. The number of nitrogens with one attached hydrogen (secondary N) is 1. The Hall–Kier alpha value is -2.82. The van der Waals surface area contributed by atoms with E-state index in [0.717, 1.165) is 5.56 Å². The molecule has 0 aliphatic rings. The zero-order valence-electron chi connectivity index (χ0n) is 11.6. The predicted molar refractivity (Wildman–Crippen MR) is 79.8 cm³/mol. The molecule has 0 aliphatic carbocycles. The van der Waals surface area contributed by atoms with Gasteiger partial charge in [-0.15, -0.1) is 0 Å². The molecular weight excluding hydrogens is 268 g/mol. The van der Waals surface area contributed by atoms with Crippen molar-refractivity contribution in [3.8, 4) is 0 Å². The summed E-state index contributed by atoms with van der Waals surface area (Å²) < 4.78 is 4.62. The molecule has 1 amide bonds. The molecule has 0 saturated heterocycles. The number of hydrogen-bond acceptors (Lipinski definition) is 4.